The van der Waals surface area contributed by atoms with Gasteiger partial charge in [-0.1, -0.05) is 12.8 Å². The number of nitrogens with zero attached hydrogens (tertiary/aromatic N) is 4. The third kappa shape index (κ3) is 1.85. The van der Waals surface area contributed by atoms with Gasteiger partial charge in [0, 0.05) is 11.8 Å². The maximum atomic E-state index is 10.1. The summed E-state index contributed by atoms with van der Waals surface area (Å²) in [5, 5.41) is 28.1. The first-order valence-corrected chi connectivity index (χ1v) is 11.2. The first-order chi connectivity index (χ1) is 11.7. The SMILES string of the molecule is CSC1=NN2C(C#N)(C#N)C3=C(CCCCCC3)[C@@]2(SC)[C@@H]2C[C@H]12. The molecule has 126 valence electrons. The van der Waals surface area contributed by atoms with Crippen LogP contribution >= 0.6 is 23.5 Å². The molecule has 0 aromatic rings. The third-order valence-electron chi connectivity index (χ3n) is 6.12. The highest BCUT2D eigenvalue weighted by molar-refractivity contribution is 8.13. The van der Waals surface area contributed by atoms with Crippen LogP contribution in [0.25, 0.3) is 0 Å². The van der Waals surface area contributed by atoms with Crippen LogP contribution in [-0.4, -0.2) is 33.0 Å². The summed E-state index contributed by atoms with van der Waals surface area (Å²) in [7, 11) is 0. The van der Waals surface area contributed by atoms with Crippen LogP contribution in [0.5, 0.6) is 0 Å². The van der Waals surface area contributed by atoms with E-state index < -0.39 is 5.54 Å². The zero-order valence-electron chi connectivity index (χ0n) is 14.2. The number of rotatable bonds is 1. The van der Waals surface area contributed by atoms with E-state index in [4.69, 9.17) is 5.10 Å². The van der Waals surface area contributed by atoms with Crippen LogP contribution in [0.15, 0.2) is 16.2 Å². The number of fused-ring (bicyclic) bond motifs is 4. The van der Waals surface area contributed by atoms with Gasteiger partial charge in [0.1, 0.15) is 17.0 Å². The summed E-state index contributed by atoms with van der Waals surface area (Å²) in [5.74, 6) is 1.02. The lowest BCUT2D eigenvalue weighted by Gasteiger charge is -2.44. The van der Waals surface area contributed by atoms with Crippen LogP contribution in [-0.2, 0) is 0 Å². The van der Waals surface area contributed by atoms with Crippen molar-refractivity contribution in [3.05, 3.63) is 11.1 Å². The Morgan fingerprint density at radius 1 is 1.08 bits per heavy atom. The van der Waals surface area contributed by atoms with E-state index in [0.29, 0.717) is 11.8 Å². The molecule has 0 saturated heterocycles. The van der Waals surface area contributed by atoms with Crippen LogP contribution in [0.2, 0.25) is 0 Å². The largest absolute Gasteiger partial charge is 0.253 e. The van der Waals surface area contributed by atoms with Gasteiger partial charge in [-0.15, -0.1) is 23.5 Å². The van der Waals surface area contributed by atoms with Gasteiger partial charge >= 0.3 is 0 Å². The minimum absolute atomic E-state index is 0.262. The summed E-state index contributed by atoms with van der Waals surface area (Å²) in [4.78, 5) is -0.262. The topological polar surface area (TPSA) is 63.2 Å². The fraction of sp³-hybridized carbons (Fsp3) is 0.722. The van der Waals surface area contributed by atoms with Crippen molar-refractivity contribution < 1.29 is 0 Å². The van der Waals surface area contributed by atoms with E-state index in [1.54, 1.807) is 11.8 Å². The maximum absolute atomic E-state index is 10.1. The molecule has 0 aromatic carbocycles. The van der Waals surface area contributed by atoms with Gasteiger partial charge in [-0.25, -0.2) is 5.01 Å². The van der Waals surface area contributed by atoms with Gasteiger partial charge in [-0.3, -0.25) is 0 Å². The zero-order chi connectivity index (χ0) is 16.9. The van der Waals surface area contributed by atoms with E-state index >= 15 is 0 Å². The molecule has 0 bridgehead atoms. The Balaban J connectivity index is 1.96. The molecule has 0 unspecified atom stereocenters. The van der Waals surface area contributed by atoms with E-state index in [0.717, 1.165) is 36.3 Å². The molecule has 2 heterocycles. The maximum Gasteiger partial charge on any atom is 0.253 e. The highest BCUT2D eigenvalue weighted by Crippen LogP contribution is 2.67. The number of nitriles is 2. The standard InChI is InChI=1S/C18H22N4S2/c1-23-16-12-9-15(12)18(24-2)14-8-6-4-3-5-7-13(14)17(10-19,11-20)22(18)21-16/h12,15H,3-9H2,1-2H3/t12-,15+,18+/m0/s1. The van der Waals surface area contributed by atoms with E-state index in [9.17, 15) is 10.5 Å². The first kappa shape index (κ1) is 16.4. The Morgan fingerprint density at radius 2 is 1.75 bits per heavy atom. The van der Waals surface area contributed by atoms with Gasteiger partial charge in [0.05, 0.1) is 5.04 Å². The van der Waals surface area contributed by atoms with Crippen molar-refractivity contribution in [3.63, 3.8) is 0 Å². The lowest BCUT2D eigenvalue weighted by atomic mass is 9.84. The molecule has 0 N–H and O–H groups in total. The van der Waals surface area contributed by atoms with E-state index in [2.05, 4.69) is 24.6 Å². The van der Waals surface area contributed by atoms with Crippen molar-refractivity contribution >= 4 is 28.6 Å². The number of hydrogen-bond acceptors (Lipinski definition) is 6. The quantitative estimate of drug-likeness (QED) is 0.660. The highest BCUT2D eigenvalue weighted by atomic mass is 32.2. The first-order valence-electron chi connectivity index (χ1n) is 8.73. The number of hydrazone groups is 1. The molecule has 0 amide bonds. The Morgan fingerprint density at radius 3 is 2.33 bits per heavy atom. The molecule has 4 aliphatic rings. The van der Waals surface area contributed by atoms with Gasteiger partial charge in [0.15, 0.2) is 0 Å². The van der Waals surface area contributed by atoms with Crippen molar-refractivity contribution in [2.24, 2.45) is 16.9 Å². The van der Waals surface area contributed by atoms with Gasteiger partial charge in [-0.2, -0.15) is 15.6 Å². The van der Waals surface area contributed by atoms with Crippen LogP contribution in [0.4, 0.5) is 0 Å². The minimum Gasteiger partial charge on any atom is -0.238 e. The molecular weight excluding hydrogens is 336 g/mol. The average molecular weight is 359 g/mol. The summed E-state index contributed by atoms with van der Waals surface area (Å²) < 4.78 is 0. The number of thioether (sulfide) groups is 2. The van der Waals surface area contributed by atoms with E-state index in [-0.39, 0.29) is 4.87 Å². The Hall–Kier alpha value is -1.11. The average Bonchev–Trinajstić information content (AvgIpc) is 3.35. The summed E-state index contributed by atoms with van der Waals surface area (Å²) >= 11 is 3.49. The van der Waals surface area contributed by atoms with E-state index in [1.807, 2.05) is 16.8 Å². The van der Waals surface area contributed by atoms with Crippen molar-refractivity contribution in [1.29, 1.82) is 10.5 Å². The molecule has 2 aliphatic heterocycles. The molecule has 24 heavy (non-hydrogen) atoms. The smallest absolute Gasteiger partial charge is 0.238 e. The molecule has 4 rings (SSSR count). The predicted octanol–water partition coefficient (Wildman–Crippen LogP) is 4.12. The monoisotopic (exact) mass is 358 g/mol. The minimum atomic E-state index is -1.20. The van der Waals surface area contributed by atoms with Crippen LogP contribution < -0.4 is 0 Å². The molecule has 1 fully saturated rings. The second-order valence-corrected chi connectivity index (χ2v) is 8.97. The summed E-state index contributed by atoms with van der Waals surface area (Å²) in [6.07, 6.45) is 11.9. The Labute approximate surface area is 152 Å². The molecule has 2 aliphatic carbocycles. The fourth-order valence-corrected chi connectivity index (χ4v) is 7.08. The molecule has 0 spiro atoms. The summed E-state index contributed by atoms with van der Waals surface area (Å²) in [6.45, 7) is 0. The fourth-order valence-electron chi connectivity index (χ4n) is 4.97. The third-order valence-corrected chi connectivity index (χ3v) is 8.27. The molecular formula is C18H22N4S2. The second-order valence-electron chi connectivity index (χ2n) is 7.11. The Kier molecular flexibility index (Phi) is 3.90. The molecule has 6 heteroatoms. The van der Waals surface area contributed by atoms with Crippen LogP contribution in [0.1, 0.15) is 44.9 Å². The highest BCUT2D eigenvalue weighted by Gasteiger charge is 2.71. The normalized spacial score (nSPS) is 36.3. The Bertz CT molecular complexity index is 700. The van der Waals surface area contributed by atoms with E-state index in [1.165, 1.54) is 24.8 Å². The van der Waals surface area contributed by atoms with Gasteiger partial charge < -0.3 is 0 Å². The molecule has 1 saturated carbocycles. The summed E-state index contributed by atoms with van der Waals surface area (Å²) in [6, 6.07) is 4.79. The van der Waals surface area contributed by atoms with Crippen LogP contribution in [0, 0.1) is 34.5 Å². The van der Waals surface area contributed by atoms with Crippen molar-refractivity contribution in [1.82, 2.24) is 5.01 Å². The van der Waals surface area contributed by atoms with Gasteiger partial charge in [0.2, 0.25) is 0 Å². The molecule has 0 radical (unpaired) electrons. The van der Waals surface area contributed by atoms with Crippen molar-refractivity contribution in [2.75, 3.05) is 12.5 Å². The van der Waals surface area contributed by atoms with Crippen LogP contribution in [0.3, 0.4) is 0 Å². The lowest BCUT2D eigenvalue weighted by molar-refractivity contribution is 0.144. The van der Waals surface area contributed by atoms with Gasteiger partial charge in [0.25, 0.3) is 5.54 Å². The summed E-state index contributed by atoms with van der Waals surface area (Å²) in [5.41, 5.74) is 1.25. The predicted molar refractivity (Wildman–Crippen MR) is 99.3 cm³/mol. The second kappa shape index (κ2) is 5.71. The molecule has 3 atom stereocenters. The van der Waals surface area contributed by atoms with Crippen molar-refractivity contribution in [2.45, 2.75) is 55.4 Å². The zero-order valence-corrected chi connectivity index (χ0v) is 15.8. The number of hydrogen-bond donors (Lipinski definition) is 0. The van der Waals surface area contributed by atoms with Gasteiger partial charge in [-0.05, 0) is 55.8 Å². The lowest BCUT2D eigenvalue weighted by Crippen LogP contribution is -2.54. The molecule has 0 aromatic heterocycles. The molecule has 4 nitrogen and oxygen atoms in total. The van der Waals surface area contributed by atoms with Crippen molar-refractivity contribution in [3.8, 4) is 12.1 Å².